The van der Waals surface area contributed by atoms with Crippen molar-refractivity contribution < 1.29 is 22.7 Å². The number of alkyl halides is 3. The number of urea groups is 1. The Morgan fingerprint density at radius 1 is 1.37 bits per heavy atom. The van der Waals surface area contributed by atoms with Gasteiger partial charge in [0.15, 0.2) is 0 Å². The fourth-order valence-corrected chi connectivity index (χ4v) is 1.19. The van der Waals surface area contributed by atoms with Gasteiger partial charge >= 0.3 is 12.4 Å². The van der Waals surface area contributed by atoms with Crippen molar-refractivity contribution in [1.82, 2.24) is 5.32 Å². The van der Waals surface area contributed by atoms with Crippen molar-refractivity contribution in [1.29, 1.82) is 0 Å². The fraction of sp³-hybridized carbons (Fsp3) is 0.364. The van der Waals surface area contributed by atoms with Gasteiger partial charge in [-0.3, -0.25) is 0 Å². The minimum absolute atomic E-state index is 0.201. The number of anilines is 1. The number of nitrogens with two attached hydrogens (primary N) is 1. The molecule has 0 saturated carbocycles. The molecule has 4 N–H and O–H groups in total. The van der Waals surface area contributed by atoms with Crippen molar-refractivity contribution in [2.24, 2.45) is 5.73 Å². The summed E-state index contributed by atoms with van der Waals surface area (Å²) in [5.74, 6) is -0.353. The summed E-state index contributed by atoms with van der Waals surface area (Å²) in [6.45, 7) is 2.01. The second-order valence-electron chi connectivity index (χ2n) is 3.81. The van der Waals surface area contributed by atoms with E-state index in [-0.39, 0.29) is 18.3 Å². The van der Waals surface area contributed by atoms with E-state index < -0.39 is 12.4 Å². The van der Waals surface area contributed by atoms with E-state index in [1.807, 2.05) is 0 Å². The summed E-state index contributed by atoms with van der Waals surface area (Å²) in [5.41, 5.74) is 5.67. The quantitative estimate of drug-likeness (QED) is 0.788. The molecule has 5 nitrogen and oxygen atoms in total. The SMILES string of the molecule is CC(CN)NC(=O)Nc1ccc(OC(F)(F)F)cc1. The van der Waals surface area contributed by atoms with Crippen LogP contribution in [-0.4, -0.2) is 25.0 Å². The molecule has 0 bridgehead atoms. The molecule has 19 heavy (non-hydrogen) atoms. The van der Waals surface area contributed by atoms with Crippen LogP contribution in [0, 0.1) is 0 Å². The highest BCUT2D eigenvalue weighted by Gasteiger charge is 2.30. The van der Waals surface area contributed by atoms with Gasteiger partial charge in [-0.1, -0.05) is 0 Å². The Bertz CT molecular complexity index is 420. The molecule has 2 amide bonds. The summed E-state index contributed by atoms with van der Waals surface area (Å²) in [7, 11) is 0. The van der Waals surface area contributed by atoms with Gasteiger partial charge in [0, 0.05) is 18.3 Å². The minimum Gasteiger partial charge on any atom is -0.406 e. The molecule has 106 valence electrons. The molecule has 0 fully saturated rings. The van der Waals surface area contributed by atoms with Crippen LogP contribution in [0.4, 0.5) is 23.7 Å². The third kappa shape index (κ3) is 5.96. The molecule has 1 aromatic carbocycles. The molecule has 0 aliphatic heterocycles. The number of amides is 2. The smallest absolute Gasteiger partial charge is 0.406 e. The largest absolute Gasteiger partial charge is 0.573 e. The molecule has 0 aromatic heterocycles. The summed E-state index contributed by atoms with van der Waals surface area (Å²) < 4.78 is 39.5. The lowest BCUT2D eigenvalue weighted by molar-refractivity contribution is -0.274. The zero-order chi connectivity index (χ0) is 14.5. The van der Waals surface area contributed by atoms with Gasteiger partial charge in [0.1, 0.15) is 5.75 Å². The van der Waals surface area contributed by atoms with Crippen molar-refractivity contribution >= 4 is 11.7 Å². The van der Waals surface area contributed by atoms with Gasteiger partial charge < -0.3 is 21.1 Å². The Labute approximate surface area is 107 Å². The molecule has 1 rings (SSSR count). The van der Waals surface area contributed by atoms with Crippen molar-refractivity contribution in [3.8, 4) is 5.75 Å². The Hall–Kier alpha value is -1.96. The molecule has 0 aliphatic carbocycles. The lowest BCUT2D eigenvalue weighted by Gasteiger charge is -2.13. The van der Waals surface area contributed by atoms with Crippen molar-refractivity contribution in [3.05, 3.63) is 24.3 Å². The van der Waals surface area contributed by atoms with E-state index in [0.29, 0.717) is 5.69 Å². The number of carbonyl (C=O) groups excluding carboxylic acids is 1. The Kier molecular flexibility index (Phi) is 4.99. The van der Waals surface area contributed by atoms with E-state index in [9.17, 15) is 18.0 Å². The van der Waals surface area contributed by atoms with Gasteiger partial charge in [-0.05, 0) is 31.2 Å². The van der Waals surface area contributed by atoms with Crippen LogP contribution in [0.3, 0.4) is 0 Å². The van der Waals surface area contributed by atoms with Crippen LogP contribution in [0.1, 0.15) is 6.92 Å². The number of nitrogens with one attached hydrogen (secondary N) is 2. The summed E-state index contributed by atoms with van der Waals surface area (Å²) in [4.78, 5) is 11.4. The molecular weight excluding hydrogens is 263 g/mol. The van der Waals surface area contributed by atoms with Gasteiger partial charge in [-0.2, -0.15) is 0 Å². The van der Waals surface area contributed by atoms with Crippen LogP contribution in [0.25, 0.3) is 0 Å². The topological polar surface area (TPSA) is 76.4 Å². The zero-order valence-corrected chi connectivity index (χ0v) is 10.1. The number of hydrogen-bond acceptors (Lipinski definition) is 3. The minimum atomic E-state index is -4.73. The van der Waals surface area contributed by atoms with Crippen LogP contribution < -0.4 is 21.1 Å². The van der Waals surface area contributed by atoms with E-state index in [1.165, 1.54) is 12.1 Å². The second-order valence-corrected chi connectivity index (χ2v) is 3.81. The van der Waals surface area contributed by atoms with E-state index >= 15 is 0 Å². The molecule has 0 heterocycles. The predicted molar refractivity (Wildman–Crippen MR) is 63.8 cm³/mol. The Balaban J connectivity index is 2.55. The summed E-state index contributed by atoms with van der Waals surface area (Å²) >= 11 is 0. The first-order valence-electron chi connectivity index (χ1n) is 5.43. The lowest BCUT2D eigenvalue weighted by atomic mass is 10.3. The Morgan fingerprint density at radius 2 is 1.95 bits per heavy atom. The normalized spacial score (nSPS) is 12.7. The van der Waals surface area contributed by atoms with Crippen LogP contribution >= 0.6 is 0 Å². The lowest BCUT2D eigenvalue weighted by Crippen LogP contribution is -2.40. The molecule has 0 saturated heterocycles. The van der Waals surface area contributed by atoms with E-state index in [1.54, 1.807) is 6.92 Å². The highest BCUT2D eigenvalue weighted by Crippen LogP contribution is 2.23. The first kappa shape index (κ1) is 15.1. The monoisotopic (exact) mass is 277 g/mol. The van der Waals surface area contributed by atoms with Crippen LogP contribution in [0.2, 0.25) is 0 Å². The number of hydrogen-bond donors (Lipinski definition) is 3. The second kappa shape index (κ2) is 6.28. The molecule has 0 aliphatic rings. The summed E-state index contributed by atoms with van der Waals surface area (Å²) in [6, 6.07) is 4.13. The highest BCUT2D eigenvalue weighted by molar-refractivity contribution is 5.89. The molecule has 8 heteroatoms. The van der Waals surface area contributed by atoms with Gasteiger partial charge in [-0.25, -0.2) is 4.79 Å². The average molecular weight is 277 g/mol. The van der Waals surface area contributed by atoms with Crippen LogP contribution in [-0.2, 0) is 0 Å². The first-order chi connectivity index (χ1) is 8.80. The maximum Gasteiger partial charge on any atom is 0.573 e. The molecular formula is C11H14F3N3O2. The summed E-state index contributed by atoms with van der Waals surface area (Å²) in [5, 5.41) is 5.00. The maximum absolute atomic E-state index is 11.9. The summed E-state index contributed by atoms with van der Waals surface area (Å²) in [6.07, 6.45) is -4.73. The first-order valence-corrected chi connectivity index (χ1v) is 5.43. The number of benzene rings is 1. The predicted octanol–water partition coefficient (Wildman–Crippen LogP) is 2.05. The average Bonchev–Trinajstić information content (AvgIpc) is 2.29. The van der Waals surface area contributed by atoms with Gasteiger partial charge in [0.2, 0.25) is 0 Å². The molecule has 1 atom stereocenters. The molecule has 0 radical (unpaired) electrons. The third-order valence-electron chi connectivity index (χ3n) is 2.08. The number of halogens is 3. The fourth-order valence-electron chi connectivity index (χ4n) is 1.19. The molecule has 1 unspecified atom stereocenters. The van der Waals surface area contributed by atoms with Crippen LogP contribution in [0.15, 0.2) is 24.3 Å². The number of ether oxygens (including phenoxy) is 1. The molecule has 1 aromatic rings. The number of rotatable bonds is 4. The van der Waals surface area contributed by atoms with Crippen molar-refractivity contribution in [2.45, 2.75) is 19.3 Å². The van der Waals surface area contributed by atoms with Gasteiger partial charge in [-0.15, -0.1) is 13.2 Å². The van der Waals surface area contributed by atoms with Crippen molar-refractivity contribution in [2.75, 3.05) is 11.9 Å². The maximum atomic E-state index is 11.9. The number of carbonyl (C=O) groups is 1. The standard InChI is InChI=1S/C11H14F3N3O2/c1-7(6-15)16-10(18)17-8-2-4-9(5-3-8)19-11(12,13)14/h2-5,7H,6,15H2,1H3,(H2,16,17,18). The van der Waals surface area contributed by atoms with Crippen LogP contribution in [0.5, 0.6) is 5.75 Å². The highest BCUT2D eigenvalue weighted by atomic mass is 19.4. The van der Waals surface area contributed by atoms with Crippen molar-refractivity contribution in [3.63, 3.8) is 0 Å². The zero-order valence-electron chi connectivity index (χ0n) is 10.1. The van der Waals surface area contributed by atoms with E-state index in [4.69, 9.17) is 5.73 Å². The van der Waals surface area contributed by atoms with E-state index in [0.717, 1.165) is 12.1 Å². The molecule has 0 spiro atoms. The Morgan fingerprint density at radius 3 is 2.42 bits per heavy atom. The van der Waals surface area contributed by atoms with Gasteiger partial charge in [0.25, 0.3) is 0 Å². The third-order valence-corrected chi connectivity index (χ3v) is 2.08. The van der Waals surface area contributed by atoms with Gasteiger partial charge in [0.05, 0.1) is 0 Å². The van der Waals surface area contributed by atoms with E-state index in [2.05, 4.69) is 15.4 Å².